The molecule has 2 aliphatic heterocycles. The van der Waals surface area contributed by atoms with Crippen LogP contribution in [0.1, 0.15) is 30.7 Å². The van der Waals surface area contributed by atoms with Gasteiger partial charge in [-0.05, 0) is 62.5 Å². The fraction of sp³-hybridized carbons (Fsp3) is 0.600. The first-order valence-electron chi connectivity index (χ1n) is 6.79. The maximum atomic E-state index is 5.36. The van der Waals surface area contributed by atoms with Crippen LogP contribution < -0.4 is 4.74 Å². The highest BCUT2D eigenvalue weighted by molar-refractivity contribution is 7.99. The Morgan fingerprint density at radius 1 is 1.44 bits per heavy atom. The molecule has 3 rings (SSSR count). The minimum atomic E-state index is 0.714. The lowest BCUT2D eigenvalue weighted by atomic mass is 9.93. The molecule has 1 aromatic rings. The van der Waals surface area contributed by atoms with Crippen LogP contribution in [-0.2, 0) is 0 Å². The zero-order valence-electron chi connectivity index (χ0n) is 11.2. The predicted octanol–water partition coefficient (Wildman–Crippen LogP) is 3.37. The lowest BCUT2D eigenvalue weighted by Crippen LogP contribution is -2.26. The van der Waals surface area contributed by atoms with E-state index in [4.69, 9.17) is 4.74 Å². The Kier molecular flexibility index (Phi) is 3.53. The van der Waals surface area contributed by atoms with Gasteiger partial charge >= 0.3 is 0 Å². The van der Waals surface area contributed by atoms with Gasteiger partial charge in [0, 0.05) is 16.7 Å². The maximum Gasteiger partial charge on any atom is 0.119 e. The quantitative estimate of drug-likeness (QED) is 0.829. The van der Waals surface area contributed by atoms with Crippen molar-refractivity contribution in [2.75, 3.05) is 26.5 Å². The van der Waals surface area contributed by atoms with Crippen LogP contribution >= 0.6 is 11.8 Å². The van der Waals surface area contributed by atoms with Crippen LogP contribution in [0.15, 0.2) is 23.1 Å². The third-order valence-corrected chi connectivity index (χ3v) is 5.58. The molecule has 2 nitrogen and oxygen atoms in total. The Bertz CT molecular complexity index is 435. The summed E-state index contributed by atoms with van der Waals surface area (Å²) in [5, 5.41) is 0. The van der Waals surface area contributed by atoms with Crippen molar-refractivity contribution in [1.29, 1.82) is 0 Å². The van der Waals surface area contributed by atoms with E-state index in [0.717, 1.165) is 11.8 Å². The molecule has 0 saturated carbocycles. The van der Waals surface area contributed by atoms with Crippen LogP contribution in [0.3, 0.4) is 0 Å². The molecule has 1 fully saturated rings. The standard InChI is InChI=1S/C15H21NOS/c1-16-7-3-4-12(16)8-11-10-18-15-6-5-13(17-2)9-14(11)15/h5-6,9,11-12H,3-4,7-8,10H2,1-2H3/t11?,12-/m1/s1. The van der Waals surface area contributed by atoms with E-state index in [1.54, 1.807) is 7.11 Å². The molecule has 0 aromatic heterocycles. The van der Waals surface area contributed by atoms with Crippen LogP contribution in [0.25, 0.3) is 0 Å². The van der Waals surface area contributed by atoms with Gasteiger partial charge in [0.25, 0.3) is 0 Å². The summed E-state index contributed by atoms with van der Waals surface area (Å²) in [6, 6.07) is 7.33. The van der Waals surface area contributed by atoms with E-state index in [9.17, 15) is 0 Å². The number of likely N-dealkylation sites (tertiary alicyclic amines) is 1. The van der Waals surface area contributed by atoms with Crippen LogP contribution in [0.4, 0.5) is 0 Å². The molecule has 1 unspecified atom stereocenters. The van der Waals surface area contributed by atoms with Gasteiger partial charge in [0.15, 0.2) is 0 Å². The van der Waals surface area contributed by atoms with Crippen molar-refractivity contribution in [3.8, 4) is 5.75 Å². The third-order valence-electron chi connectivity index (χ3n) is 4.32. The molecule has 3 heteroatoms. The van der Waals surface area contributed by atoms with Crippen molar-refractivity contribution >= 4 is 11.8 Å². The molecule has 2 heterocycles. The predicted molar refractivity (Wildman–Crippen MR) is 76.7 cm³/mol. The number of rotatable bonds is 3. The number of hydrogen-bond acceptors (Lipinski definition) is 3. The zero-order chi connectivity index (χ0) is 12.5. The molecule has 2 aliphatic rings. The molecule has 0 bridgehead atoms. The number of methoxy groups -OCH3 is 1. The number of nitrogens with zero attached hydrogens (tertiary/aromatic N) is 1. The van der Waals surface area contributed by atoms with Crippen molar-refractivity contribution in [2.24, 2.45) is 0 Å². The first-order valence-corrected chi connectivity index (χ1v) is 7.77. The second-order valence-electron chi connectivity index (χ2n) is 5.42. The van der Waals surface area contributed by atoms with Gasteiger partial charge in [-0.25, -0.2) is 0 Å². The third kappa shape index (κ3) is 2.26. The van der Waals surface area contributed by atoms with E-state index >= 15 is 0 Å². The highest BCUT2D eigenvalue weighted by Crippen LogP contribution is 2.44. The van der Waals surface area contributed by atoms with E-state index < -0.39 is 0 Å². The van der Waals surface area contributed by atoms with Gasteiger partial charge in [-0.1, -0.05) is 0 Å². The molecule has 1 saturated heterocycles. The van der Waals surface area contributed by atoms with Crippen molar-refractivity contribution in [3.05, 3.63) is 23.8 Å². The van der Waals surface area contributed by atoms with Crippen molar-refractivity contribution in [1.82, 2.24) is 4.90 Å². The highest BCUT2D eigenvalue weighted by atomic mass is 32.2. The second-order valence-corrected chi connectivity index (χ2v) is 6.49. The van der Waals surface area contributed by atoms with Crippen LogP contribution in [0, 0.1) is 0 Å². The van der Waals surface area contributed by atoms with Gasteiger partial charge < -0.3 is 9.64 Å². The maximum absolute atomic E-state index is 5.36. The Hall–Kier alpha value is -0.670. The van der Waals surface area contributed by atoms with Crippen LogP contribution in [0.5, 0.6) is 5.75 Å². The van der Waals surface area contributed by atoms with E-state index in [1.807, 2.05) is 11.8 Å². The van der Waals surface area contributed by atoms with E-state index in [2.05, 4.69) is 30.1 Å². The summed E-state index contributed by atoms with van der Waals surface area (Å²) in [5.41, 5.74) is 1.51. The van der Waals surface area contributed by atoms with Crippen molar-refractivity contribution in [2.45, 2.75) is 36.1 Å². The summed E-state index contributed by atoms with van der Waals surface area (Å²) in [6.45, 7) is 1.27. The minimum Gasteiger partial charge on any atom is -0.497 e. The molecule has 0 spiro atoms. The summed E-state index contributed by atoms with van der Waals surface area (Å²) >= 11 is 2.01. The smallest absolute Gasteiger partial charge is 0.119 e. The highest BCUT2D eigenvalue weighted by Gasteiger charge is 2.29. The summed E-state index contributed by atoms with van der Waals surface area (Å²) in [6.07, 6.45) is 4.05. The van der Waals surface area contributed by atoms with Crippen molar-refractivity contribution < 1.29 is 4.74 Å². The molecular weight excluding hydrogens is 242 g/mol. The van der Waals surface area contributed by atoms with Gasteiger partial charge in [0.05, 0.1) is 7.11 Å². The molecule has 1 aromatic carbocycles. The van der Waals surface area contributed by atoms with Gasteiger partial charge in [0.1, 0.15) is 5.75 Å². The lowest BCUT2D eigenvalue weighted by molar-refractivity contribution is 0.286. The molecule has 0 radical (unpaired) electrons. The molecule has 0 aliphatic carbocycles. The first kappa shape index (κ1) is 12.4. The van der Waals surface area contributed by atoms with E-state index in [0.29, 0.717) is 5.92 Å². The van der Waals surface area contributed by atoms with Crippen LogP contribution in [0.2, 0.25) is 0 Å². The normalized spacial score (nSPS) is 27.4. The number of ether oxygens (including phenoxy) is 1. The van der Waals surface area contributed by atoms with E-state index in [-0.39, 0.29) is 0 Å². The van der Waals surface area contributed by atoms with Crippen molar-refractivity contribution in [3.63, 3.8) is 0 Å². The summed E-state index contributed by atoms with van der Waals surface area (Å²) < 4.78 is 5.36. The number of hydrogen-bond donors (Lipinski definition) is 0. The Labute approximate surface area is 114 Å². The number of benzene rings is 1. The zero-order valence-corrected chi connectivity index (χ0v) is 12.0. The summed E-state index contributed by atoms with van der Waals surface area (Å²) in [7, 11) is 4.02. The molecule has 0 amide bonds. The Balaban J connectivity index is 1.76. The largest absolute Gasteiger partial charge is 0.497 e. The van der Waals surface area contributed by atoms with Gasteiger partial charge in [-0.15, -0.1) is 11.8 Å². The minimum absolute atomic E-state index is 0.714. The fourth-order valence-corrected chi connectivity index (χ4v) is 4.44. The fourth-order valence-electron chi connectivity index (χ4n) is 3.18. The SMILES string of the molecule is COc1ccc2c(c1)C(C[C@H]1CCCN1C)CS2. The Morgan fingerprint density at radius 3 is 3.06 bits per heavy atom. The average molecular weight is 263 g/mol. The molecule has 2 atom stereocenters. The molecular formula is C15H21NOS. The van der Waals surface area contributed by atoms with Gasteiger partial charge in [-0.2, -0.15) is 0 Å². The van der Waals surface area contributed by atoms with Gasteiger partial charge in [0.2, 0.25) is 0 Å². The molecule has 98 valence electrons. The average Bonchev–Trinajstić information content (AvgIpc) is 2.97. The molecule has 18 heavy (non-hydrogen) atoms. The first-order chi connectivity index (χ1) is 8.78. The summed E-state index contributed by atoms with van der Waals surface area (Å²) in [4.78, 5) is 3.99. The lowest BCUT2D eigenvalue weighted by Gasteiger charge is -2.23. The molecule has 0 N–H and O–H groups in total. The Morgan fingerprint density at radius 2 is 2.33 bits per heavy atom. The van der Waals surface area contributed by atoms with E-state index in [1.165, 1.54) is 42.0 Å². The van der Waals surface area contributed by atoms with Gasteiger partial charge in [-0.3, -0.25) is 0 Å². The summed E-state index contributed by atoms with van der Waals surface area (Å²) in [5.74, 6) is 2.96. The second kappa shape index (κ2) is 5.14. The van der Waals surface area contributed by atoms with Crippen LogP contribution in [-0.4, -0.2) is 37.4 Å². The number of fused-ring (bicyclic) bond motifs is 1. The topological polar surface area (TPSA) is 12.5 Å². The monoisotopic (exact) mass is 263 g/mol. The number of thioether (sulfide) groups is 1.